The first-order chi connectivity index (χ1) is 15.2. The van der Waals surface area contributed by atoms with Gasteiger partial charge in [-0.2, -0.15) is 5.26 Å². The minimum absolute atomic E-state index is 0.138. The number of hydrogen-bond acceptors (Lipinski definition) is 4. The highest BCUT2D eigenvalue weighted by Gasteiger charge is 2.17. The molecule has 3 aromatic carbocycles. The molecule has 0 radical (unpaired) electrons. The third-order valence-electron chi connectivity index (χ3n) is 4.93. The number of halogens is 2. The van der Waals surface area contributed by atoms with Gasteiger partial charge in [0.25, 0.3) is 10.0 Å². The van der Waals surface area contributed by atoms with Crippen molar-refractivity contribution in [2.24, 2.45) is 0 Å². The average Bonchev–Trinajstić information content (AvgIpc) is 2.76. The predicted molar refractivity (Wildman–Crippen MR) is 118 cm³/mol. The number of fused-ring (bicyclic) bond motifs is 1. The van der Waals surface area contributed by atoms with Crippen molar-refractivity contribution in [3.05, 3.63) is 101 Å². The van der Waals surface area contributed by atoms with E-state index in [0.29, 0.717) is 22.9 Å². The highest BCUT2D eigenvalue weighted by atomic mass is 32.2. The molecule has 4 aromatic rings. The average molecular weight is 449 g/mol. The maximum absolute atomic E-state index is 14.8. The van der Waals surface area contributed by atoms with Gasteiger partial charge in [-0.15, -0.1) is 0 Å². The summed E-state index contributed by atoms with van der Waals surface area (Å²) >= 11 is 0. The Morgan fingerprint density at radius 1 is 1.03 bits per heavy atom. The molecule has 0 aliphatic heterocycles. The fourth-order valence-corrected chi connectivity index (χ4v) is 4.58. The van der Waals surface area contributed by atoms with Crippen LogP contribution in [0.1, 0.15) is 22.4 Å². The third-order valence-corrected chi connectivity index (χ3v) is 6.29. The lowest BCUT2D eigenvalue weighted by Gasteiger charge is -2.12. The molecule has 0 atom stereocenters. The Labute approximate surface area is 184 Å². The van der Waals surface area contributed by atoms with E-state index in [9.17, 15) is 17.2 Å². The number of nitrogens with zero attached hydrogens (tertiary/aromatic N) is 2. The van der Waals surface area contributed by atoms with Crippen molar-refractivity contribution in [3.63, 3.8) is 0 Å². The molecule has 0 bridgehead atoms. The molecule has 0 amide bonds. The van der Waals surface area contributed by atoms with E-state index in [-0.39, 0.29) is 22.0 Å². The lowest BCUT2D eigenvalue weighted by Crippen LogP contribution is -2.14. The summed E-state index contributed by atoms with van der Waals surface area (Å²) in [7, 11) is -4.07. The number of anilines is 1. The summed E-state index contributed by atoms with van der Waals surface area (Å²) in [4.78, 5) is 4.26. The monoisotopic (exact) mass is 449 g/mol. The van der Waals surface area contributed by atoms with E-state index in [1.807, 2.05) is 19.1 Å². The van der Waals surface area contributed by atoms with Crippen LogP contribution in [0, 0.1) is 29.9 Å². The Morgan fingerprint density at radius 2 is 1.84 bits per heavy atom. The Kier molecular flexibility index (Phi) is 5.59. The molecule has 4 rings (SSSR count). The highest BCUT2D eigenvalue weighted by molar-refractivity contribution is 7.92. The molecule has 0 fully saturated rings. The Balaban J connectivity index is 1.63. The van der Waals surface area contributed by atoms with Gasteiger partial charge >= 0.3 is 0 Å². The Hall–Kier alpha value is -3.83. The highest BCUT2D eigenvalue weighted by Crippen LogP contribution is 2.25. The number of rotatable bonds is 5. The Bertz CT molecular complexity index is 1500. The second-order valence-electron chi connectivity index (χ2n) is 7.32. The Morgan fingerprint density at radius 3 is 2.59 bits per heavy atom. The van der Waals surface area contributed by atoms with Gasteiger partial charge in [-0.1, -0.05) is 12.1 Å². The third kappa shape index (κ3) is 4.43. The lowest BCUT2D eigenvalue weighted by atomic mass is 10.00. The van der Waals surface area contributed by atoms with Gasteiger partial charge in [0.15, 0.2) is 0 Å². The maximum Gasteiger partial charge on any atom is 0.262 e. The van der Waals surface area contributed by atoms with Crippen molar-refractivity contribution in [2.45, 2.75) is 18.2 Å². The first-order valence-corrected chi connectivity index (χ1v) is 11.1. The van der Waals surface area contributed by atoms with Gasteiger partial charge in [-0.25, -0.2) is 17.2 Å². The van der Waals surface area contributed by atoms with E-state index in [1.165, 1.54) is 48.5 Å². The summed E-state index contributed by atoms with van der Waals surface area (Å²) in [6.07, 6.45) is 0.317. The van der Waals surface area contributed by atoms with E-state index in [1.54, 1.807) is 12.1 Å². The predicted octanol–water partition coefficient (Wildman–Crippen LogP) is 5.08. The molecule has 1 heterocycles. The summed E-state index contributed by atoms with van der Waals surface area (Å²) in [5.41, 5.74) is 2.74. The summed E-state index contributed by atoms with van der Waals surface area (Å²) in [5.74, 6) is -1.13. The van der Waals surface area contributed by atoms with Crippen molar-refractivity contribution in [1.29, 1.82) is 5.26 Å². The molecule has 160 valence electrons. The van der Waals surface area contributed by atoms with E-state index in [0.717, 1.165) is 11.3 Å². The van der Waals surface area contributed by atoms with Gasteiger partial charge < -0.3 is 0 Å². The minimum Gasteiger partial charge on any atom is -0.277 e. The molecular formula is C24H17F2N3O2S. The van der Waals surface area contributed by atoms with Crippen LogP contribution in [0.2, 0.25) is 0 Å². The van der Waals surface area contributed by atoms with Crippen LogP contribution >= 0.6 is 0 Å². The SMILES string of the molecule is Cc1cc(Cc2ccc(NS(=O)(=O)c3cccc(C#N)c3)c(F)c2)c2cc(F)ccc2n1. The zero-order chi connectivity index (χ0) is 22.9. The van der Waals surface area contributed by atoms with E-state index in [4.69, 9.17) is 5.26 Å². The summed E-state index contributed by atoms with van der Waals surface area (Å²) in [5, 5.41) is 9.60. The van der Waals surface area contributed by atoms with Crippen LogP contribution < -0.4 is 4.72 Å². The van der Waals surface area contributed by atoms with Crippen molar-refractivity contribution in [2.75, 3.05) is 4.72 Å². The maximum atomic E-state index is 14.8. The van der Waals surface area contributed by atoms with Gasteiger partial charge in [0.05, 0.1) is 27.7 Å². The minimum atomic E-state index is -4.07. The van der Waals surface area contributed by atoms with Crippen molar-refractivity contribution in [3.8, 4) is 6.07 Å². The van der Waals surface area contributed by atoms with E-state index >= 15 is 0 Å². The number of nitriles is 1. The number of nitrogens with one attached hydrogen (secondary N) is 1. The van der Waals surface area contributed by atoms with Gasteiger partial charge in [0.1, 0.15) is 11.6 Å². The number of sulfonamides is 1. The summed E-state index contributed by atoms with van der Waals surface area (Å²) in [6.45, 7) is 1.83. The lowest BCUT2D eigenvalue weighted by molar-refractivity contribution is 0.598. The normalized spacial score (nSPS) is 11.3. The number of aryl methyl sites for hydroxylation is 1. The molecule has 0 aliphatic carbocycles. The van der Waals surface area contributed by atoms with Gasteiger partial charge in [-0.05, 0) is 79.1 Å². The second-order valence-corrected chi connectivity index (χ2v) is 9.00. The number of pyridine rings is 1. The van der Waals surface area contributed by atoms with Gasteiger partial charge in [0, 0.05) is 11.1 Å². The molecule has 0 unspecified atom stereocenters. The van der Waals surface area contributed by atoms with Crippen molar-refractivity contribution >= 4 is 26.6 Å². The van der Waals surface area contributed by atoms with Crippen LogP contribution in [0.25, 0.3) is 10.9 Å². The molecule has 5 nitrogen and oxygen atoms in total. The van der Waals surface area contributed by atoms with Gasteiger partial charge in [-0.3, -0.25) is 9.71 Å². The molecule has 0 aliphatic rings. The molecule has 1 aromatic heterocycles. The molecule has 0 spiro atoms. The zero-order valence-corrected chi connectivity index (χ0v) is 17.7. The fourth-order valence-electron chi connectivity index (χ4n) is 3.47. The van der Waals surface area contributed by atoms with E-state index < -0.39 is 15.8 Å². The van der Waals surface area contributed by atoms with Crippen LogP contribution in [0.5, 0.6) is 0 Å². The topological polar surface area (TPSA) is 82.9 Å². The number of hydrogen-bond donors (Lipinski definition) is 1. The van der Waals surface area contributed by atoms with Gasteiger partial charge in [0.2, 0.25) is 0 Å². The molecule has 32 heavy (non-hydrogen) atoms. The van der Waals surface area contributed by atoms with Crippen molar-refractivity contribution in [1.82, 2.24) is 4.98 Å². The largest absolute Gasteiger partial charge is 0.277 e. The number of aromatic nitrogens is 1. The van der Waals surface area contributed by atoms with Crippen LogP contribution in [-0.4, -0.2) is 13.4 Å². The molecular weight excluding hydrogens is 432 g/mol. The molecule has 0 saturated heterocycles. The first kappa shape index (κ1) is 21.4. The molecule has 8 heteroatoms. The molecule has 1 N–H and O–H groups in total. The zero-order valence-electron chi connectivity index (χ0n) is 16.9. The van der Waals surface area contributed by atoms with Crippen LogP contribution in [0.3, 0.4) is 0 Å². The second kappa shape index (κ2) is 8.36. The van der Waals surface area contributed by atoms with Crippen molar-refractivity contribution < 1.29 is 17.2 Å². The fraction of sp³-hybridized carbons (Fsp3) is 0.0833. The molecule has 0 saturated carbocycles. The number of benzene rings is 3. The quantitative estimate of drug-likeness (QED) is 0.460. The van der Waals surface area contributed by atoms with Crippen LogP contribution in [0.15, 0.2) is 71.6 Å². The van der Waals surface area contributed by atoms with Crippen LogP contribution in [0.4, 0.5) is 14.5 Å². The summed E-state index contributed by atoms with van der Waals surface area (Å²) in [6, 6.07) is 17.7. The smallest absolute Gasteiger partial charge is 0.262 e. The summed E-state index contributed by atoms with van der Waals surface area (Å²) < 4.78 is 55.9. The first-order valence-electron chi connectivity index (χ1n) is 9.62. The van der Waals surface area contributed by atoms with Crippen LogP contribution in [-0.2, 0) is 16.4 Å². The van der Waals surface area contributed by atoms with E-state index in [2.05, 4.69) is 9.71 Å². The standard InChI is InChI=1S/C24H17F2N3O2S/c1-15-9-18(21-13-19(25)6-8-23(21)28-15)10-16-5-7-24(22(26)12-16)29-32(30,31)20-4-2-3-17(11-20)14-27/h2-9,11-13,29H,10H2,1H3.